The van der Waals surface area contributed by atoms with Gasteiger partial charge >= 0.3 is 0 Å². The lowest BCUT2D eigenvalue weighted by molar-refractivity contribution is 0.0618. The van der Waals surface area contributed by atoms with Gasteiger partial charge in [0.15, 0.2) is 0 Å². The normalized spacial score (nSPS) is 18.8. The first-order chi connectivity index (χ1) is 11.7. The van der Waals surface area contributed by atoms with E-state index in [-0.39, 0.29) is 5.91 Å². The van der Waals surface area contributed by atoms with Gasteiger partial charge in [0, 0.05) is 45.3 Å². The predicted octanol–water partition coefficient (Wildman–Crippen LogP) is 1.05. The van der Waals surface area contributed by atoms with Crippen LogP contribution in [0.25, 0.3) is 0 Å². The zero-order valence-corrected chi connectivity index (χ0v) is 13.9. The standard InChI is InChI=1S/C17H22N6O/c1-21-15(19-20-16(21)13-5-6-13)12-22-8-10-23(11-9-22)17(24)14-4-2-3-7-18-14/h2-4,7,13H,5-6,8-12H2,1H3. The third-order valence-corrected chi connectivity index (χ3v) is 4.85. The maximum Gasteiger partial charge on any atom is 0.272 e. The first-order valence-electron chi connectivity index (χ1n) is 8.53. The lowest BCUT2D eigenvalue weighted by Gasteiger charge is -2.34. The van der Waals surface area contributed by atoms with Gasteiger partial charge in [0.25, 0.3) is 5.91 Å². The second-order valence-corrected chi connectivity index (χ2v) is 6.59. The zero-order valence-electron chi connectivity index (χ0n) is 13.9. The summed E-state index contributed by atoms with van der Waals surface area (Å²) in [6.45, 7) is 3.95. The maximum atomic E-state index is 12.4. The summed E-state index contributed by atoms with van der Waals surface area (Å²) in [6.07, 6.45) is 4.13. The van der Waals surface area contributed by atoms with E-state index in [1.807, 2.05) is 17.0 Å². The Bertz CT molecular complexity index is 716. The van der Waals surface area contributed by atoms with Crippen molar-refractivity contribution in [3.63, 3.8) is 0 Å². The Kier molecular flexibility index (Phi) is 4.02. The minimum atomic E-state index is 0.0185. The van der Waals surface area contributed by atoms with E-state index in [1.165, 1.54) is 12.8 Å². The minimum absolute atomic E-state index is 0.0185. The highest BCUT2D eigenvalue weighted by Gasteiger charge is 2.30. The Morgan fingerprint density at radius 3 is 2.62 bits per heavy atom. The molecule has 0 unspecified atom stereocenters. The Hall–Kier alpha value is -2.28. The van der Waals surface area contributed by atoms with Crippen LogP contribution in [-0.2, 0) is 13.6 Å². The van der Waals surface area contributed by atoms with Gasteiger partial charge in [0.2, 0.25) is 0 Å². The molecule has 24 heavy (non-hydrogen) atoms. The molecule has 0 bridgehead atoms. The smallest absolute Gasteiger partial charge is 0.272 e. The Morgan fingerprint density at radius 1 is 1.17 bits per heavy atom. The van der Waals surface area contributed by atoms with Crippen LogP contribution in [-0.4, -0.2) is 61.6 Å². The minimum Gasteiger partial charge on any atom is -0.335 e. The van der Waals surface area contributed by atoms with Crippen LogP contribution in [0.3, 0.4) is 0 Å². The highest BCUT2D eigenvalue weighted by molar-refractivity contribution is 5.92. The molecule has 1 aliphatic heterocycles. The van der Waals surface area contributed by atoms with E-state index in [1.54, 1.807) is 12.3 Å². The number of amides is 1. The molecule has 2 aliphatic rings. The van der Waals surface area contributed by atoms with Gasteiger partial charge in [-0.1, -0.05) is 6.07 Å². The van der Waals surface area contributed by atoms with E-state index < -0.39 is 0 Å². The summed E-state index contributed by atoms with van der Waals surface area (Å²) >= 11 is 0. The molecule has 2 aromatic heterocycles. The number of hydrogen-bond acceptors (Lipinski definition) is 5. The van der Waals surface area contributed by atoms with Gasteiger partial charge in [0.05, 0.1) is 6.54 Å². The SMILES string of the molecule is Cn1c(CN2CCN(C(=O)c3ccccn3)CC2)nnc1C1CC1. The summed E-state index contributed by atoms with van der Waals surface area (Å²) < 4.78 is 2.14. The van der Waals surface area contributed by atoms with Crippen LogP contribution in [0.15, 0.2) is 24.4 Å². The molecule has 7 heteroatoms. The average Bonchev–Trinajstić information content (AvgIpc) is 3.41. The molecule has 7 nitrogen and oxygen atoms in total. The molecule has 0 spiro atoms. The fourth-order valence-electron chi connectivity index (χ4n) is 3.17. The summed E-state index contributed by atoms with van der Waals surface area (Å²) in [5.74, 6) is 2.77. The van der Waals surface area contributed by atoms with Crippen LogP contribution in [0.5, 0.6) is 0 Å². The third-order valence-electron chi connectivity index (χ3n) is 4.85. The van der Waals surface area contributed by atoms with Crippen LogP contribution in [0.2, 0.25) is 0 Å². The number of aromatic nitrogens is 4. The quantitative estimate of drug-likeness (QED) is 0.840. The summed E-state index contributed by atoms with van der Waals surface area (Å²) in [7, 11) is 2.06. The fourth-order valence-corrected chi connectivity index (χ4v) is 3.17. The van der Waals surface area contributed by atoms with Crippen molar-refractivity contribution in [1.82, 2.24) is 29.5 Å². The summed E-state index contributed by atoms with van der Waals surface area (Å²) in [6, 6.07) is 5.45. The number of pyridine rings is 1. The largest absolute Gasteiger partial charge is 0.335 e. The van der Waals surface area contributed by atoms with Crippen LogP contribution in [0, 0.1) is 0 Å². The van der Waals surface area contributed by atoms with E-state index in [0.29, 0.717) is 11.6 Å². The van der Waals surface area contributed by atoms with Crippen molar-refractivity contribution >= 4 is 5.91 Å². The van der Waals surface area contributed by atoms with Gasteiger partial charge < -0.3 is 9.47 Å². The topological polar surface area (TPSA) is 67.2 Å². The molecular weight excluding hydrogens is 304 g/mol. The van der Waals surface area contributed by atoms with E-state index in [4.69, 9.17) is 0 Å². The van der Waals surface area contributed by atoms with Crippen LogP contribution < -0.4 is 0 Å². The number of piperazine rings is 1. The molecule has 0 atom stereocenters. The third kappa shape index (κ3) is 3.03. The van der Waals surface area contributed by atoms with Gasteiger partial charge in [0.1, 0.15) is 17.3 Å². The van der Waals surface area contributed by atoms with Gasteiger partial charge in [-0.3, -0.25) is 14.7 Å². The van der Waals surface area contributed by atoms with Crippen molar-refractivity contribution in [2.75, 3.05) is 26.2 Å². The van der Waals surface area contributed by atoms with Crippen molar-refractivity contribution in [2.24, 2.45) is 7.05 Å². The lowest BCUT2D eigenvalue weighted by Crippen LogP contribution is -2.48. The van der Waals surface area contributed by atoms with Gasteiger partial charge in [-0.05, 0) is 25.0 Å². The number of carbonyl (C=O) groups excluding carboxylic acids is 1. The number of nitrogens with zero attached hydrogens (tertiary/aromatic N) is 6. The van der Waals surface area contributed by atoms with E-state index in [2.05, 4.69) is 31.7 Å². The van der Waals surface area contributed by atoms with Crippen molar-refractivity contribution in [3.8, 4) is 0 Å². The summed E-state index contributed by atoms with van der Waals surface area (Å²) in [5, 5.41) is 8.69. The predicted molar refractivity (Wildman–Crippen MR) is 88.4 cm³/mol. The first-order valence-corrected chi connectivity index (χ1v) is 8.53. The second-order valence-electron chi connectivity index (χ2n) is 6.59. The van der Waals surface area contributed by atoms with Gasteiger partial charge in [-0.25, -0.2) is 0 Å². The van der Waals surface area contributed by atoms with Crippen LogP contribution >= 0.6 is 0 Å². The fraction of sp³-hybridized carbons (Fsp3) is 0.529. The average molecular weight is 326 g/mol. The Labute approximate surface area is 141 Å². The summed E-state index contributed by atoms with van der Waals surface area (Å²) in [5.41, 5.74) is 0.522. The lowest BCUT2D eigenvalue weighted by atomic mass is 10.2. The zero-order chi connectivity index (χ0) is 16.5. The molecule has 1 amide bonds. The van der Waals surface area contributed by atoms with Crippen molar-refractivity contribution < 1.29 is 4.79 Å². The monoisotopic (exact) mass is 326 g/mol. The van der Waals surface area contributed by atoms with E-state index in [9.17, 15) is 4.79 Å². The number of rotatable bonds is 4. The van der Waals surface area contributed by atoms with Crippen LogP contribution in [0.4, 0.5) is 0 Å². The highest BCUT2D eigenvalue weighted by atomic mass is 16.2. The summed E-state index contributed by atoms with van der Waals surface area (Å²) in [4.78, 5) is 20.8. The molecule has 1 saturated heterocycles. The molecule has 1 aliphatic carbocycles. The Morgan fingerprint density at radius 2 is 1.96 bits per heavy atom. The van der Waals surface area contributed by atoms with Crippen molar-refractivity contribution in [3.05, 3.63) is 41.7 Å². The molecule has 2 aromatic rings. The van der Waals surface area contributed by atoms with Crippen molar-refractivity contribution in [1.29, 1.82) is 0 Å². The number of hydrogen-bond donors (Lipinski definition) is 0. The maximum absolute atomic E-state index is 12.4. The molecule has 0 radical (unpaired) electrons. The second kappa shape index (κ2) is 6.32. The highest BCUT2D eigenvalue weighted by Crippen LogP contribution is 2.38. The molecule has 0 aromatic carbocycles. The van der Waals surface area contributed by atoms with E-state index in [0.717, 1.165) is 44.4 Å². The molecule has 0 N–H and O–H groups in total. The molecule has 2 fully saturated rings. The molecule has 126 valence electrons. The van der Waals surface area contributed by atoms with Gasteiger partial charge in [-0.15, -0.1) is 10.2 Å². The van der Waals surface area contributed by atoms with E-state index >= 15 is 0 Å². The first kappa shape index (κ1) is 15.3. The molecule has 4 rings (SSSR count). The van der Waals surface area contributed by atoms with Crippen LogP contribution in [0.1, 0.15) is 40.9 Å². The van der Waals surface area contributed by atoms with Gasteiger partial charge in [-0.2, -0.15) is 0 Å². The van der Waals surface area contributed by atoms with Crippen molar-refractivity contribution in [2.45, 2.75) is 25.3 Å². The number of carbonyl (C=O) groups is 1. The molecular formula is C17H22N6O. The molecule has 3 heterocycles. The Balaban J connectivity index is 1.34. The molecule has 1 saturated carbocycles.